The molecule has 28 heavy (non-hydrogen) atoms. The van der Waals surface area contributed by atoms with E-state index in [9.17, 15) is 14.1 Å². The van der Waals surface area contributed by atoms with Crippen LogP contribution in [0.3, 0.4) is 0 Å². The fourth-order valence-corrected chi connectivity index (χ4v) is 4.13. The zero-order chi connectivity index (χ0) is 19.7. The molecule has 0 radical (unpaired) electrons. The van der Waals surface area contributed by atoms with E-state index in [2.05, 4.69) is 20.4 Å². The highest BCUT2D eigenvalue weighted by Crippen LogP contribution is 2.36. The molecule has 0 aliphatic carbocycles. The first kappa shape index (κ1) is 18.5. The number of rotatable bonds is 5. The Kier molecular flexibility index (Phi) is 5.01. The second-order valence-corrected chi connectivity index (χ2v) is 7.72. The van der Waals surface area contributed by atoms with Crippen LogP contribution in [0.15, 0.2) is 41.7 Å². The SMILES string of the molecule is CN1CCC(NC(=O)c2cc3nccc(Oc4ccc(N=O)cc4F)c3s2)C1. The fraction of sp³-hybridized carbons (Fsp3) is 0.263. The van der Waals surface area contributed by atoms with Crippen LogP contribution in [-0.4, -0.2) is 42.0 Å². The molecule has 7 nitrogen and oxygen atoms in total. The molecule has 0 spiro atoms. The minimum Gasteiger partial charge on any atom is -0.453 e. The van der Waals surface area contributed by atoms with Crippen molar-refractivity contribution in [3.63, 3.8) is 0 Å². The lowest BCUT2D eigenvalue weighted by molar-refractivity contribution is 0.0942. The summed E-state index contributed by atoms with van der Waals surface area (Å²) in [4.78, 5) is 30.1. The number of thiophene rings is 1. The molecule has 9 heteroatoms. The maximum Gasteiger partial charge on any atom is 0.261 e. The van der Waals surface area contributed by atoms with Crippen molar-refractivity contribution in [1.29, 1.82) is 0 Å². The molecule has 0 saturated carbocycles. The van der Waals surface area contributed by atoms with Crippen molar-refractivity contribution < 1.29 is 13.9 Å². The van der Waals surface area contributed by atoms with Crippen LogP contribution in [0, 0.1) is 10.7 Å². The Labute approximate surface area is 164 Å². The molecule has 2 aromatic heterocycles. The van der Waals surface area contributed by atoms with Gasteiger partial charge in [0, 0.05) is 30.9 Å². The number of hydrogen-bond acceptors (Lipinski definition) is 7. The summed E-state index contributed by atoms with van der Waals surface area (Å²) >= 11 is 1.24. The van der Waals surface area contributed by atoms with Gasteiger partial charge in [0.05, 0.1) is 15.1 Å². The van der Waals surface area contributed by atoms with Gasteiger partial charge in [-0.15, -0.1) is 16.2 Å². The van der Waals surface area contributed by atoms with E-state index < -0.39 is 5.82 Å². The van der Waals surface area contributed by atoms with E-state index in [0.717, 1.165) is 25.6 Å². The monoisotopic (exact) mass is 400 g/mol. The zero-order valence-electron chi connectivity index (χ0n) is 15.0. The van der Waals surface area contributed by atoms with Crippen molar-refractivity contribution in [2.24, 2.45) is 5.18 Å². The van der Waals surface area contributed by atoms with Gasteiger partial charge in [-0.25, -0.2) is 4.39 Å². The first-order valence-corrected chi connectivity index (χ1v) is 9.54. The summed E-state index contributed by atoms with van der Waals surface area (Å²) < 4.78 is 20.4. The second kappa shape index (κ2) is 7.61. The number of pyridine rings is 1. The fourth-order valence-electron chi connectivity index (χ4n) is 3.16. The average Bonchev–Trinajstić information content (AvgIpc) is 3.30. The predicted molar refractivity (Wildman–Crippen MR) is 105 cm³/mol. The third-order valence-electron chi connectivity index (χ3n) is 4.57. The zero-order valence-corrected chi connectivity index (χ0v) is 15.8. The van der Waals surface area contributed by atoms with Gasteiger partial charge in [0.25, 0.3) is 5.91 Å². The van der Waals surface area contributed by atoms with Crippen LogP contribution in [0.5, 0.6) is 11.5 Å². The minimum absolute atomic E-state index is 0.0163. The van der Waals surface area contributed by atoms with Crippen molar-refractivity contribution in [3.8, 4) is 11.5 Å². The number of aromatic nitrogens is 1. The highest BCUT2D eigenvalue weighted by atomic mass is 32.1. The molecule has 4 rings (SSSR count). The van der Waals surface area contributed by atoms with Crippen LogP contribution in [0.2, 0.25) is 0 Å². The van der Waals surface area contributed by atoms with Crippen LogP contribution in [0.1, 0.15) is 16.1 Å². The van der Waals surface area contributed by atoms with E-state index in [1.54, 1.807) is 12.1 Å². The molecule has 1 N–H and O–H groups in total. The molecule has 3 heterocycles. The summed E-state index contributed by atoms with van der Waals surface area (Å²) in [5, 5.41) is 5.74. The lowest BCUT2D eigenvalue weighted by Gasteiger charge is -2.11. The number of nitroso groups, excluding NO2 is 1. The van der Waals surface area contributed by atoms with Crippen LogP contribution < -0.4 is 10.1 Å². The summed E-state index contributed by atoms with van der Waals surface area (Å²) in [7, 11) is 2.02. The van der Waals surface area contributed by atoms with Crippen molar-refractivity contribution in [3.05, 3.63) is 52.1 Å². The number of likely N-dealkylation sites (tertiary alicyclic amines) is 1. The van der Waals surface area contributed by atoms with Gasteiger partial charge in [0.1, 0.15) is 11.4 Å². The van der Waals surface area contributed by atoms with Gasteiger partial charge in [0.15, 0.2) is 11.6 Å². The molecule has 1 atom stereocenters. The van der Waals surface area contributed by atoms with Gasteiger partial charge >= 0.3 is 0 Å². The Bertz CT molecular complexity index is 1050. The van der Waals surface area contributed by atoms with Gasteiger partial charge in [-0.1, -0.05) is 0 Å². The Morgan fingerprint density at radius 3 is 2.93 bits per heavy atom. The van der Waals surface area contributed by atoms with E-state index in [0.29, 0.717) is 20.8 Å². The van der Waals surface area contributed by atoms with Gasteiger partial charge in [-0.3, -0.25) is 9.78 Å². The number of hydrogen-bond donors (Lipinski definition) is 1. The van der Waals surface area contributed by atoms with Gasteiger partial charge in [-0.05, 0) is 43.4 Å². The molecule has 1 unspecified atom stereocenters. The van der Waals surface area contributed by atoms with Crippen LogP contribution in [0.25, 0.3) is 10.2 Å². The molecular formula is C19H17FN4O3S. The predicted octanol–water partition coefficient (Wildman–Crippen LogP) is 4.06. The third kappa shape index (κ3) is 3.71. The Balaban J connectivity index is 1.58. The highest BCUT2D eigenvalue weighted by Gasteiger charge is 2.23. The molecule has 3 aromatic rings. The Morgan fingerprint density at radius 2 is 2.21 bits per heavy atom. The van der Waals surface area contributed by atoms with Crippen molar-refractivity contribution in [2.45, 2.75) is 12.5 Å². The lowest BCUT2D eigenvalue weighted by Crippen LogP contribution is -2.36. The second-order valence-electron chi connectivity index (χ2n) is 6.66. The molecular weight excluding hydrogens is 383 g/mol. The van der Waals surface area contributed by atoms with Crippen molar-refractivity contribution in [1.82, 2.24) is 15.2 Å². The van der Waals surface area contributed by atoms with E-state index >= 15 is 0 Å². The summed E-state index contributed by atoms with van der Waals surface area (Å²) in [5.41, 5.74) is 0.583. The van der Waals surface area contributed by atoms with E-state index in [4.69, 9.17) is 4.74 Å². The van der Waals surface area contributed by atoms with Crippen molar-refractivity contribution >= 4 is 33.1 Å². The van der Waals surface area contributed by atoms with Crippen LogP contribution >= 0.6 is 11.3 Å². The molecule has 1 aromatic carbocycles. The number of benzene rings is 1. The van der Waals surface area contributed by atoms with Crippen molar-refractivity contribution in [2.75, 3.05) is 20.1 Å². The van der Waals surface area contributed by atoms with E-state index in [1.807, 2.05) is 7.05 Å². The number of ether oxygens (including phenoxy) is 1. The smallest absolute Gasteiger partial charge is 0.261 e. The molecule has 1 amide bonds. The number of amides is 1. The van der Waals surface area contributed by atoms with Crippen LogP contribution in [0.4, 0.5) is 10.1 Å². The maximum absolute atomic E-state index is 14.1. The first-order chi connectivity index (χ1) is 13.5. The summed E-state index contributed by atoms with van der Waals surface area (Å²) in [6.45, 7) is 1.79. The topological polar surface area (TPSA) is 83.9 Å². The molecule has 144 valence electrons. The van der Waals surface area contributed by atoms with Crippen LogP contribution in [-0.2, 0) is 0 Å². The standard InChI is InChI=1S/C19H17FN4O3S/c1-24-7-5-12(10-24)22-19(25)17-9-14-18(28-17)16(4-6-21-14)27-15-3-2-11(23-26)8-13(15)20/h2-4,6,8-9,12H,5,7,10H2,1H3,(H,22,25). The highest BCUT2D eigenvalue weighted by molar-refractivity contribution is 7.21. The lowest BCUT2D eigenvalue weighted by atomic mass is 10.2. The number of carbonyl (C=O) groups is 1. The molecule has 0 bridgehead atoms. The number of nitrogens with zero attached hydrogens (tertiary/aromatic N) is 3. The largest absolute Gasteiger partial charge is 0.453 e. The quantitative estimate of drug-likeness (QED) is 0.653. The minimum atomic E-state index is -0.693. The Morgan fingerprint density at radius 1 is 1.36 bits per heavy atom. The maximum atomic E-state index is 14.1. The normalized spacial score (nSPS) is 17.0. The first-order valence-electron chi connectivity index (χ1n) is 8.72. The summed E-state index contributed by atoms with van der Waals surface area (Å²) in [6.07, 6.45) is 2.46. The molecule has 1 aliphatic heterocycles. The number of nitrogens with one attached hydrogen (secondary N) is 1. The average molecular weight is 400 g/mol. The van der Waals surface area contributed by atoms with Gasteiger partial charge < -0.3 is 15.0 Å². The molecule has 1 aliphatic rings. The molecule has 1 saturated heterocycles. The van der Waals surface area contributed by atoms with Gasteiger partial charge in [0.2, 0.25) is 0 Å². The number of likely N-dealkylation sites (N-methyl/N-ethyl adjacent to an activating group) is 1. The number of halogens is 1. The van der Waals surface area contributed by atoms with E-state index in [-0.39, 0.29) is 23.4 Å². The number of fused-ring (bicyclic) bond motifs is 1. The van der Waals surface area contributed by atoms with Gasteiger partial charge in [-0.2, -0.15) is 0 Å². The summed E-state index contributed by atoms with van der Waals surface area (Å²) in [5.74, 6) is -0.488. The number of carbonyl (C=O) groups excluding carboxylic acids is 1. The third-order valence-corrected chi connectivity index (χ3v) is 5.70. The Hall–Kier alpha value is -2.91. The summed E-state index contributed by atoms with van der Waals surface area (Å²) in [6, 6.07) is 7.16. The molecule has 1 fully saturated rings. The van der Waals surface area contributed by atoms with E-state index in [1.165, 1.54) is 29.7 Å².